The van der Waals surface area contributed by atoms with Gasteiger partial charge in [-0.05, 0) is 32.4 Å². The molecule has 13 heavy (non-hydrogen) atoms. The SMILES string of the molecule is N=C1C(N2CCCC2)CCN1P=O. The zero-order valence-electron chi connectivity index (χ0n) is 7.57. The van der Waals surface area contributed by atoms with Crippen LogP contribution in [0.4, 0.5) is 0 Å². The van der Waals surface area contributed by atoms with Crippen molar-refractivity contribution in [3.63, 3.8) is 0 Å². The Morgan fingerprint density at radius 1 is 1.31 bits per heavy atom. The molecule has 0 aromatic heterocycles. The van der Waals surface area contributed by atoms with Crippen LogP contribution in [0.1, 0.15) is 19.3 Å². The summed E-state index contributed by atoms with van der Waals surface area (Å²) < 4.78 is 12.3. The number of nitrogens with one attached hydrogen (secondary N) is 1. The maximum absolute atomic E-state index is 10.6. The van der Waals surface area contributed by atoms with Crippen LogP contribution in [0.25, 0.3) is 0 Å². The van der Waals surface area contributed by atoms with Crippen molar-refractivity contribution in [1.29, 1.82) is 5.41 Å². The molecule has 2 rings (SSSR count). The van der Waals surface area contributed by atoms with Gasteiger partial charge in [-0.1, -0.05) is 0 Å². The van der Waals surface area contributed by atoms with Gasteiger partial charge in [-0.3, -0.25) is 15.0 Å². The highest BCUT2D eigenvalue weighted by molar-refractivity contribution is 7.22. The van der Waals surface area contributed by atoms with Gasteiger partial charge in [-0.25, -0.2) is 4.57 Å². The Hall–Kier alpha value is -0.470. The molecule has 0 spiro atoms. The van der Waals surface area contributed by atoms with Crippen molar-refractivity contribution in [3.8, 4) is 0 Å². The molecule has 0 radical (unpaired) electrons. The summed E-state index contributed by atoms with van der Waals surface area (Å²) in [5.41, 5.74) is 0. The number of nitrogens with zero attached hydrogens (tertiary/aromatic N) is 2. The second kappa shape index (κ2) is 3.72. The molecule has 2 saturated heterocycles. The predicted octanol–water partition coefficient (Wildman–Crippen LogP) is 1.34. The first kappa shape index (κ1) is 9.10. The molecular weight excluding hydrogens is 185 g/mol. The standard InChI is InChI=1S/C8H14N3OP/c9-8-7(3-6-11(8)13-12)10-4-1-2-5-10/h7,9H,1-6H2. The third kappa shape index (κ3) is 1.61. The van der Waals surface area contributed by atoms with Gasteiger partial charge in [0, 0.05) is 6.54 Å². The van der Waals surface area contributed by atoms with Crippen LogP contribution in [0.15, 0.2) is 0 Å². The van der Waals surface area contributed by atoms with Crippen LogP contribution >= 0.6 is 8.61 Å². The van der Waals surface area contributed by atoms with Crippen LogP contribution in [-0.4, -0.2) is 41.1 Å². The second-order valence-electron chi connectivity index (χ2n) is 3.64. The van der Waals surface area contributed by atoms with Gasteiger partial charge < -0.3 is 0 Å². The zero-order valence-corrected chi connectivity index (χ0v) is 8.46. The molecule has 0 aliphatic carbocycles. The van der Waals surface area contributed by atoms with E-state index < -0.39 is 0 Å². The highest BCUT2D eigenvalue weighted by Gasteiger charge is 2.34. The maximum Gasteiger partial charge on any atom is 0.282 e. The molecule has 1 unspecified atom stereocenters. The predicted molar refractivity (Wildman–Crippen MR) is 51.3 cm³/mol. The van der Waals surface area contributed by atoms with E-state index in [0.29, 0.717) is 5.84 Å². The number of hydrogen-bond donors (Lipinski definition) is 1. The Bertz CT molecular complexity index is 227. The van der Waals surface area contributed by atoms with E-state index in [4.69, 9.17) is 5.41 Å². The number of rotatable bonds is 2. The molecule has 0 saturated carbocycles. The minimum Gasteiger partial charge on any atom is -0.293 e. The molecule has 2 heterocycles. The molecule has 2 fully saturated rings. The third-order valence-corrected chi connectivity index (χ3v) is 3.50. The van der Waals surface area contributed by atoms with Gasteiger partial charge in [0.05, 0.1) is 6.04 Å². The van der Waals surface area contributed by atoms with Crippen LogP contribution in [0.5, 0.6) is 0 Å². The van der Waals surface area contributed by atoms with E-state index in [1.165, 1.54) is 12.8 Å². The summed E-state index contributed by atoms with van der Waals surface area (Å²) in [5, 5.41) is 7.81. The lowest BCUT2D eigenvalue weighted by Crippen LogP contribution is -2.37. The molecule has 0 amide bonds. The monoisotopic (exact) mass is 199 g/mol. The summed E-state index contributed by atoms with van der Waals surface area (Å²) in [7, 11) is -0.0195. The molecule has 0 aromatic carbocycles. The molecule has 1 atom stereocenters. The lowest BCUT2D eigenvalue weighted by molar-refractivity contribution is 0.299. The Labute approximate surface area is 79.7 Å². The van der Waals surface area contributed by atoms with E-state index in [9.17, 15) is 4.57 Å². The zero-order chi connectivity index (χ0) is 9.26. The van der Waals surface area contributed by atoms with Crippen molar-refractivity contribution in [3.05, 3.63) is 0 Å². The van der Waals surface area contributed by atoms with Crippen molar-refractivity contribution >= 4 is 14.4 Å². The van der Waals surface area contributed by atoms with E-state index in [1.54, 1.807) is 4.67 Å². The summed E-state index contributed by atoms with van der Waals surface area (Å²) in [4.78, 5) is 2.34. The summed E-state index contributed by atoms with van der Waals surface area (Å²) in [6.07, 6.45) is 3.46. The molecule has 5 heteroatoms. The Morgan fingerprint density at radius 2 is 2.00 bits per heavy atom. The maximum atomic E-state index is 10.6. The number of amidine groups is 1. The minimum absolute atomic E-state index is 0.0195. The Morgan fingerprint density at radius 3 is 2.54 bits per heavy atom. The molecule has 0 bridgehead atoms. The molecule has 1 N–H and O–H groups in total. The summed E-state index contributed by atoms with van der Waals surface area (Å²) in [6, 6.07) is 0.240. The fraction of sp³-hybridized carbons (Fsp3) is 0.875. The topological polar surface area (TPSA) is 47.4 Å². The average molecular weight is 199 g/mol. The minimum atomic E-state index is -0.0195. The van der Waals surface area contributed by atoms with Crippen LogP contribution in [0.3, 0.4) is 0 Å². The van der Waals surface area contributed by atoms with Gasteiger partial charge >= 0.3 is 0 Å². The van der Waals surface area contributed by atoms with Gasteiger partial charge in [-0.2, -0.15) is 0 Å². The molecule has 4 nitrogen and oxygen atoms in total. The van der Waals surface area contributed by atoms with Crippen LogP contribution in [0, 0.1) is 5.41 Å². The highest BCUT2D eigenvalue weighted by Crippen LogP contribution is 2.25. The quantitative estimate of drug-likeness (QED) is 0.683. The van der Waals surface area contributed by atoms with E-state index in [1.807, 2.05) is 0 Å². The van der Waals surface area contributed by atoms with E-state index in [2.05, 4.69) is 4.90 Å². The fourth-order valence-electron chi connectivity index (χ4n) is 2.17. The van der Waals surface area contributed by atoms with Gasteiger partial charge in [0.1, 0.15) is 5.84 Å². The molecule has 2 aliphatic heterocycles. The Kier molecular flexibility index (Phi) is 2.61. The normalized spacial score (nSPS) is 30.6. The average Bonchev–Trinajstić information content (AvgIpc) is 2.72. The lowest BCUT2D eigenvalue weighted by Gasteiger charge is -2.22. The Balaban J connectivity index is 2.01. The number of likely N-dealkylation sites (tertiary alicyclic amines) is 1. The van der Waals surface area contributed by atoms with Crippen molar-refractivity contribution in [2.45, 2.75) is 25.3 Å². The fourth-order valence-corrected chi connectivity index (χ4v) is 2.59. The molecule has 2 aliphatic rings. The van der Waals surface area contributed by atoms with Gasteiger partial charge in [0.25, 0.3) is 8.61 Å². The van der Waals surface area contributed by atoms with Crippen LogP contribution in [-0.2, 0) is 4.57 Å². The molecule has 0 aromatic rings. The smallest absolute Gasteiger partial charge is 0.282 e. The van der Waals surface area contributed by atoms with Gasteiger partial charge in [0.15, 0.2) is 0 Å². The van der Waals surface area contributed by atoms with Crippen molar-refractivity contribution < 1.29 is 4.57 Å². The summed E-state index contributed by atoms with van der Waals surface area (Å²) in [5.74, 6) is 0.540. The first-order valence-electron chi connectivity index (χ1n) is 4.76. The summed E-state index contributed by atoms with van der Waals surface area (Å²) in [6.45, 7) is 2.98. The molecular formula is C8H14N3OP. The second-order valence-corrected chi connectivity index (χ2v) is 4.28. The summed E-state index contributed by atoms with van der Waals surface area (Å²) >= 11 is 0. The third-order valence-electron chi connectivity index (χ3n) is 2.89. The van der Waals surface area contributed by atoms with Gasteiger partial charge in [0.2, 0.25) is 0 Å². The lowest BCUT2D eigenvalue weighted by atomic mass is 10.2. The van der Waals surface area contributed by atoms with Crippen molar-refractivity contribution in [2.75, 3.05) is 19.6 Å². The highest BCUT2D eigenvalue weighted by atomic mass is 31.1. The molecule has 72 valence electrons. The van der Waals surface area contributed by atoms with E-state index in [-0.39, 0.29) is 14.7 Å². The van der Waals surface area contributed by atoms with Crippen LogP contribution in [0.2, 0.25) is 0 Å². The van der Waals surface area contributed by atoms with Crippen LogP contribution < -0.4 is 0 Å². The largest absolute Gasteiger partial charge is 0.293 e. The first-order valence-corrected chi connectivity index (χ1v) is 5.53. The van der Waals surface area contributed by atoms with E-state index >= 15 is 0 Å². The first-order chi connectivity index (χ1) is 6.33. The van der Waals surface area contributed by atoms with Gasteiger partial charge in [-0.15, -0.1) is 0 Å². The number of hydrogen-bond acceptors (Lipinski definition) is 3. The van der Waals surface area contributed by atoms with Crippen molar-refractivity contribution in [1.82, 2.24) is 9.57 Å². The van der Waals surface area contributed by atoms with Crippen molar-refractivity contribution in [2.24, 2.45) is 0 Å². The van der Waals surface area contributed by atoms with E-state index in [0.717, 1.165) is 26.1 Å².